The molecule has 0 amide bonds. The summed E-state index contributed by atoms with van der Waals surface area (Å²) >= 11 is 0. The Morgan fingerprint density at radius 1 is 1.38 bits per heavy atom. The summed E-state index contributed by atoms with van der Waals surface area (Å²) in [6, 6.07) is 5.18. The Balaban J connectivity index is 2.42. The van der Waals surface area contributed by atoms with Crippen molar-refractivity contribution in [1.29, 1.82) is 0 Å². The van der Waals surface area contributed by atoms with Gasteiger partial charge in [-0.2, -0.15) is 5.10 Å². The third kappa shape index (κ3) is 3.42. The molecule has 110 valence electrons. The van der Waals surface area contributed by atoms with Crippen molar-refractivity contribution in [2.24, 2.45) is 0 Å². The van der Waals surface area contributed by atoms with Crippen LogP contribution in [0.5, 0.6) is 0 Å². The molecule has 0 unspecified atom stereocenters. The molecule has 0 aliphatic rings. The number of aryl methyl sites for hydroxylation is 2. The van der Waals surface area contributed by atoms with E-state index < -0.39 is 10.0 Å². The smallest absolute Gasteiger partial charge is 0.265 e. The van der Waals surface area contributed by atoms with Crippen molar-refractivity contribution < 1.29 is 13.5 Å². The summed E-state index contributed by atoms with van der Waals surface area (Å²) in [7, 11) is -3.74. The van der Waals surface area contributed by atoms with Gasteiger partial charge in [0.2, 0.25) is 0 Å². The molecule has 1 aromatic carbocycles. The topological polar surface area (TPSA) is 95.1 Å². The number of nitrogens with one attached hydrogen (secondary N) is 2. The number of H-pyrrole nitrogens is 1. The van der Waals surface area contributed by atoms with Crippen molar-refractivity contribution in [3.05, 3.63) is 41.2 Å². The van der Waals surface area contributed by atoms with Crippen LogP contribution in [0.3, 0.4) is 0 Å². The van der Waals surface area contributed by atoms with E-state index in [1.807, 2.05) is 6.92 Å². The maximum atomic E-state index is 12.3. The second-order valence-electron chi connectivity index (χ2n) is 4.47. The molecule has 0 saturated carbocycles. The van der Waals surface area contributed by atoms with Gasteiger partial charge in [0.25, 0.3) is 10.0 Å². The third-order valence-corrected chi connectivity index (χ3v) is 4.27. The van der Waals surface area contributed by atoms with Crippen LogP contribution in [-0.4, -0.2) is 30.3 Å². The van der Waals surface area contributed by atoms with Crippen molar-refractivity contribution in [1.82, 2.24) is 10.2 Å². The lowest BCUT2D eigenvalue weighted by atomic mass is 10.1. The summed E-state index contributed by atoms with van der Waals surface area (Å²) in [5, 5.41) is 15.1. The quantitative estimate of drug-likeness (QED) is 0.742. The van der Waals surface area contributed by atoms with Crippen LogP contribution in [0.4, 0.5) is 5.69 Å². The van der Waals surface area contributed by atoms with Crippen molar-refractivity contribution >= 4 is 15.7 Å². The van der Waals surface area contributed by atoms with E-state index in [2.05, 4.69) is 26.8 Å². The minimum atomic E-state index is -3.74. The number of hydrogen-bond donors (Lipinski definition) is 3. The van der Waals surface area contributed by atoms with Gasteiger partial charge in [0.05, 0.1) is 17.6 Å². The van der Waals surface area contributed by atoms with E-state index in [0.29, 0.717) is 16.9 Å². The Labute approximate surface area is 123 Å². The van der Waals surface area contributed by atoms with E-state index in [0.717, 1.165) is 5.56 Å². The maximum Gasteiger partial charge on any atom is 0.265 e. The number of hydrogen-bond acceptors (Lipinski definition) is 4. The van der Waals surface area contributed by atoms with Gasteiger partial charge in [-0.15, -0.1) is 0 Å². The molecule has 1 aromatic heterocycles. The van der Waals surface area contributed by atoms with Gasteiger partial charge in [-0.25, -0.2) is 8.42 Å². The molecule has 0 fully saturated rings. The van der Waals surface area contributed by atoms with E-state index in [1.54, 1.807) is 25.1 Å². The molecule has 6 nitrogen and oxygen atoms in total. The molecule has 3 N–H and O–H groups in total. The number of benzene rings is 1. The fourth-order valence-corrected chi connectivity index (χ4v) is 3.01. The van der Waals surface area contributed by atoms with Crippen molar-refractivity contribution in [2.75, 3.05) is 11.3 Å². The first-order valence-corrected chi connectivity index (χ1v) is 7.65. The number of rotatable bonds is 3. The molecule has 0 spiro atoms. The average molecular weight is 305 g/mol. The van der Waals surface area contributed by atoms with Crippen molar-refractivity contribution in [3.63, 3.8) is 0 Å². The number of aromatic nitrogens is 2. The summed E-state index contributed by atoms with van der Waals surface area (Å²) in [6.45, 7) is 3.22. The summed E-state index contributed by atoms with van der Waals surface area (Å²) in [6.07, 6.45) is 1.25. The Morgan fingerprint density at radius 3 is 2.76 bits per heavy atom. The second-order valence-corrected chi connectivity index (χ2v) is 6.12. The largest absolute Gasteiger partial charge is 0.384 e. The summed E-state index contributed by atoms with van der Waals surface area (Å²) in [4.78, 5) is 0.0872. The van der Waals surface area contributed by atoms with E-state index in [4.69, 9.17) is 5.11 Å². The highest BCUT2D eigenvalue weighted by atomic mass is 32.2. The van der Waals surface area contributed by atoms with E-state index in [-0.39, 0.29) is 11.5 Å². The summed E-state index contributed by atoms with van der Waals surface area (Å²) in [5.41, 5.74) is 2.27. The standard InChI is InChI=1S/C14H15N3O3S/c1-10-5-6-13(12(8-10)4-3-7-18)17-21(19,20)14-9-15-16-11(14)2/h5-6,8-9,17-18H,7H2,1-2H3,(H,15,16). The van der Waals surface area contributed by atoms with Crippen LogP contribution in [0.25, 0.3) is 0 Å². The van der Waals surface area contributed by atoms with E-state index in [9.17, 15) is 8.42 Å². The fourth-order valence-electron chi connectivity index (χ4n) is 1.80. The molecule has 0 aliphatic carbocycles. The predicted molar refractivity (Wildman–Crippen MR) is 79.3 cm³/mol. The normalized spacial score (nSPS) is 10.8. The van der Waals surface area contributed by atoms with Gasteiger partial charge >= 0.3 is 0 Å². The molecule has 2 aromatic rings. The first kappa shape index (κ1) is 15.1. The van der Waals surface area contributed by atoms with E-state index >= 15 is 0 Å². The van der Waals surface area contributed by atoms with Crippen LogP contribution in [0.15, 0.2) is 29.3 Å². The highest BCUT2D eigenvalue weighted by molar-refractivity contribution is 7.92. The Morgan fingerprint density at radius 2 is 2.14 bits per heavy atom. The van der Waals surface area contributed by atoms with Crippen molar-refractivity contribution in [3.8, 4) is 11.8 Å². The molecular formula is C14H15N3O3S. The fraction of sp³-hybridized carbons (Fsp3) is 0.214. The predicted octanol–water partition coefficient (Wildman–Crippen LogP) is 1.17. The molecule has 1 heterocycles. The van der Waals surface area contributed by atoms with Gasteiger partial charge in [-0.1, -0.05) is 17.9 Å². The van der Waals surface area contributed by atoms with Crippen LogP contribution in [0.1, 0.15) is 16.8 Å². The van der Waals surface area contributed by atoms with E-state index in [1.165, 1.54) is 6.20 Å². The molecule has 0 aliphatic heterocycles. The molecule has 0 saturated heterocycles. The van der Waals surface area contributed by atoms with Gasteiger partial charge in [0.15, 0.2) is 0 Å². The molecule has 0 radical (unpaired) electrons. The molecule has 21 heavy (non-hydrogen) atoms. The van der Waals surface area contributed by atoms with Gasteiger partial charge in [0, 0.05) is 5.56 Å². The lowest BCUT2D eigenvalue weighted by Gasteiger charge is -2.10. The third-order valence-electron chi connectivity index (χ3n) is 2.79. The lowest BCUT2D eigenvalue weighted by Crippen LogP contribution is -2.14. The number of aliphatic hydroxyl groups excluding tert-OH is 1. The average Bonchev–Trinajstić information content (AvgIpc) is 2.86. The van der Waals surface area contributed by atoms with Crippen molar-refractivity contribution in [2.45, 2.75) is 18.7 Å². The molecule has 0 bridgehead atoms. The number of anilines is 1. The zero-order valence-electron chi connectivity index (χ0n) is 11.6. The van der Waals surface area contributed by atoms with Crippen LogP contribution in [-0.2, 0) is 10.0 Å². The number of aliphatic hydroxyl groups is 1. The summed E-state index contributed by atoms with van der Waals surface area (Å²) < 4.78 is 27.1. The first-order chi connectivity index (χ1) is 9.94. The van der Waals surface area contributed by atoms with Crippen LogP contribution in [0, 0.1) is 25.7 Å². The zero-order chi connectivity index (χ0) is 15.5. The zero-order valence-corrected chi connectivity index (χ0v) is 12.5. The first-order valence-electron chi connectivity index (χ1n) is 6.17. The van der Waals surface area contributed by atoms with Gasteiger partial charge < -0.3 is 5.11 Å². The highest BCUT2D eigenvalue weighted by Crippen LogP contribution is 2.21. The molecule has 7 heteroatoms. The number of sulfonamides is 1. The summed E-state index contributed by atoms with van der Waals surface area (Å²) in [5.74, 6) is 5.25. The molecular weight excluding hydrogens is 290 g/mol. The highest BCUT2D eigenvalue weighted by Gasteiger charge is 2.19. The SMILES string of the molecule is Cc1ccc(NS(=O)(=O)c2cn[nH]c2C)c(C#CCO)c1. The maximum absolute atomic E-state index is 12.3. The lowest BCUT2D eigenvalue weighted by molar-refractivity contribution is 0.350. The van der Waals surface area contributed by atoms with Gasteiger partial charge in [0.1, 0.15) is 11.5 Å². The Hall–Kier alpha value is -2.30. The van der Waals surface area contributed by atoms with Crippen LogP contribution < -0.4 is 4.72 Å². The number of nitrogens with zero attached hydrogens (tertiary/aromatic N) is 1. The van der Waals surface area contributed by atoms with Crippen LogP contribution in [0.2, 0.25) is 0 Å². The second kappa shape index (κ2) is 5.99. The minimum Gasteiger partial charge on any atom is -0.384 e. The van der Waals surface area contributed by atoms with Gasteiger partial charge in [-0.3, -0.25) is 9.82 Å². The number of aromatic amines is 1. The Kier molecular flexibility index (Phi) is 4.31. The molecule has 2 rings (SSSR count). The monoisotopic (exact) mass is 305 g/mol. The minimum absolute atomic E-state index is 0.0872. The van der Waals surface area contributed by atoms with Crippen LogP contribution >= 0.6 is 0 Å². The van der Waals surface area contributed by atoms with Gasteiger partial charge in [-0.05, 0) is 31.5 Å². The Bertz CT molecular complexity index is 813. The molecule has 0 atom stereocenters.